The second-order valence-electron chi connectivity index (χ2n) is 3.04. The molecule has 0 aliphatic rings. The van der Waals surface area contributed by atoms with Crippen LogP contribution in [0.1, 0.15) is 0 Å². The van der Waals surface area contributed by atoms with Gasteiger partial charge in [-0.2, -0.15) is 0 Å². The molecule has 0 atom stereocenters. The van der Waals surface area contributed by atoms with Crippen molar-refractivity contribution < 1.29 is 0 Å². The van der Waals surface area contributed by atoms with Crippen molar-refractivity contribution in [3.8, 4) is 0 Å². The van der Waals surface area contributed by atoms with Gasteiger partial charge in [0.25, 0.3) is 0 Å². The van der Waals surface area contributed by atoms with Gasteiger partial charge in [-0.05, 0) is 18.4 Å². The molecular weight excluding hydrogens is 202 g/mol. The largest absolute Gasteiger partial charge is 0.377 e. The Morgan fingerprint density at radius 3 is 2.13 bits per heavy atom. The molecule has 0 aliphatic carbocycles. The van der Waals surface area contributed by atoms with Crippen molar-refractivity contribution in [1.29, 1.82) is 0 Å². The van der Waals surface area contributed by atoms with Crippen LogP contribution in [0, 0.1) is 0 Å². The summed E-state index contributed by atoms with van der Waals surface area (Å²) in [7, 11) is 4.06. The molecule has 0 N–H and O–H groups in total. The number of hydrogen-bond acceptors (Lipinski definition) is 2. The summed E-state index contributed by atoms with van der Waals surface area (Å²) in [6, 6.07) is 0. The highest BCUT2D eigenvalue weighted by molar-refractivity contribution is 8.02. The van der Waals surface area contributed by atoms with Gasteiger partial charge in [0.15, 0.2) is 0 Å². The van der Waals surface area contributed by atoms with E-state index >= 15 is 0 Å². The Hall–Kier alpha value is -1.15. The Kier molecular flexibility index (Phi) is 7.56. The third kappa shape index (κ3) is 5.33. The summed E-state index contributed by atoms with van der Waals surface area (Å²) < 4.78 is 0. The first-order chi connectivity index (χ1) is 7.17. The molecule has 0 heterocycles. The van der Waals surface area contributed by atoms with E-state index in [4.69, 9.17) is 0 Å². The highest BCUT2D eigenvalue weighted by atomic mass is 32.2. The van der Waals surface area contributed by atoms with Crippen LogP contribution in [0.4, 0.5) is 0 Å². The van der Waals surface area contributed by atoms with Gasteiger partial charge in [-0.1, -0.05) is 37.5 Å². The maximum atomic E-state index is 3.72. The second-order valence-corrected chi connectivity index (χ2v) is 3.89. The minimum Gasteiger partial charge on any atom is -0.377 e. The third-order valence-corrected chi connectivity index (χ3v) is 2.51. The second kappa shape index (κ2) is 8.18. The molecule has 0 bridgehead atoms. The molecule has 0 amide bonds. The quantitative estimate of drug-likeness (QED) is 0.630. The van der Waals surface area contributed by atoms with Crippen molar-refractivity contribution in [2.45, 2.75) is 0 Å². The Morgan fingerprint density at radius 1 is 1.07 bits per heavy atom. The molecule has 0 aliphatic heterocycles. The average molecular weight is 221 g/mol. The molecule has 0 saturated heterocycles. The van der Waals surface area contributed by atoms with Crippen molar-refractivity contribution in [2.75, 3.05) is 20.4 Å². The number of hydrogen-bond donors (Lipinski definition) is 0. The normalized spacial score (nSPS) is 13.0. The van der Waals surface area contributed by atoms with Gasteiger partial charge in [0, 0.05) is 24.7 Å². The fourth-order valence-corrected chi connectivity index (χ4v) is 1.73. The SMILES string of the molecule is C=C\C=C/C=C(/C(=C/C=C)SC)N(C)C. The maximum absolute atomic E-state index is 3.72. The van der Waals surface area contributed by atoms with Crippen molar-refractivity contribution >= 4 is 11.8 Å². The minimum atomic E-state index is 1.17. The molecule has 0 aromatic carbocycles. The van der Waals surface area contributed by atoms with Gasteiger partial charge in [0.2, 0.25) is 0 Å². The van der Waals surface area contributed by atoms with Crippen LogP contribution in [0.15, 0.2) is 60.2 Å². The molecule has 0 aromatic heterocycles. The molecule has 1 nitrogen and oxygen atoms in total. The van der Waals surface area contributed by atoms with Crippen LogP contribution < -0.4 is 0 Å². The van der Waals surface area contributed by atoms with Gasteiger partial charge in [-0.25, -0.2) is 0 Å². The highest BCUT2D eigenvalue weighted by Gasteiger charge is 2.03. The number of nitrogens with zero attached hydrogens (tertiary/aromatic N) is 1. The molecule has 15 heavy (non-hydrogen) atoms. The van der Waals surface area contributed by atoms with E-state index in [1.165, 1.54) is 10.6 Å². The summed E-state index contributed by atoms with van der Waals surface area (Å²) in [5.74, 6) is 0. The van der Waals surface area contributed by atoms with Crippen LogP contribution in [0.5, 0.6) is 0 Å². The first-order valence-corrected chi connectivity index (χ1v) is 5.93. The smallest absolute Gasteiger partial charge is 0.0499 e. The van der Waals surface area contributed by atoms with Crippen molar-refractivity contribution in [2.24, 2.45) is 0 Å². The monoisotopic (exact) mass is 221 g/mol. The average Bonchev–Trinajstić information content (AvgIpc) is 2.21. The standard InChI is InChI=1S/C13H19NS/c1-6-8-9-11-12(14(3)4)13(15-5)10-7-2/h6-11H,1-2H2,3-5H3/b9-8-,12-11-,13-10-. The lowest BCUT2D eigenvalue weighted by Crippen LogP contribution is -2.11. The van der Waals surface area contributed by atoms with Gasteiger partial charge < -0.3 is 4.90 Å². The first kappa shape index (κ1) is 13.8. The molecule has 82 valence electrons. The van der Waals surface area contributed by atoms with Gasteiger partial charge in [0.05, 0.1) is 0 Å². The molecule has 0 unspecified atom stereocenters. The van der Waals surface area contributed by atoms with Gasteiger partial charge >= 0.3 is 0 Å². The molecule has 2 heteroatoms. The van der Waals surface area contributed by atoms with E-state index in [1.807, 2.05) is 32.3 Å². The van der Waals surface area contributed by atoms with Crippen molar-refractivity contribution in [3.63, 3.8) is 0 Å². The molecule has 0 radical (unpaired) electrons. The van der Waals surface area contributed by atoms with E-state index in [1.54, 1.807) is 23.9 Å². The predicted molar refractivity (Wildman–Crippen MR) is 72.9 cm³/mol. The van der Waals surface area contributed by atoms with E-state index in [2.05, 4.69) is 30.4 Å². The zero-order valence-corrected chi connectivity index (χ0v) is 10.6. The van der Waals surface area contributed by atoms with Gasteiger partial charge in [-0.3, -0.25) is 0 Å². The molecule has 0 saturated carbocycles. The van der Waals surface area contributed by atoms with Crippen LogP contribution in [0.3, 0.4) is 0 Å². The Balaban J connectivity index is 5.01. The fraction of sp³-hybridized carbons (Fsp3) is 0.231. The minimum absolute atomic E-state index is 1.17. The van der Waals surface area contributed by atoms with Crippen LogP contribution in [-0.4, -0.2) is 25.3 Å². The molecule has 0 aromatic rings. The van der Waals surface area contributed by atoms with Crippen LogP contribution >= 0.6 is 11.8 Å². The first-order valence-electron chi connectivity index (χ1n) is 4.71. The van der Waals surface area contributed by atoms with Crippen molar-refractivity contribution in [1.82, 2.24) is 4.90 Å². The van der Waals surface area contributed by atoms with E-state index in [-0.39, 0.29) is 0 Å². The number of rotatable bonds is 6. The summed E-state index contributed by atoms with van der Waals surface area (Å²) in [6.07, 6.45) is 13.6. The summed E-state index contributed by atoms with van der Waals surface area (Å²) in [5, 5.41) is 0. The topological polar surface area (TPSA) is 3.24 Å². The van der Waals surface area contributed by atoms with Gasteiger partial charge in [-0.15, -0.1) is 11.8 Å². The van der Waals surface area contributed by atoms with Crippen molar-refractivity contribution in [3.05, 3.63) is 60.2 Å². The van der Waals surface area contributed by atoms with Gasteiger partial charge in [0.1, 0.15) is 0 Å². The number of thioether (sulfide) groups is 1. The summed E-state index contributed by atoms with van der Waals surface area (Å²) in [5.41, 5.74) is 1.17. The molecule has 0 rings (SSSR count). The lowest BCUT2D eigenvalue weighted by Gasteiger charge is -2.18. The lowest BCUT2D eigenvalue weighted by molar-refractivity contribution is 0.528. The number of allylic oxidation sites excluding steroid dienone is 6. The van der Waals surface area contributed by atoms with E-state index < -0.39 is 0 Å². The summed E-state index contributed by atoms with van der Waals surface area (Å²) >= 11 is 1.71. The maximum Gasteiger partial charge on any atom is 0.0499 e. The van der Waals surface area contributed by atoms with E-state index in [9.17, 15) is 0 Å². The highest BCUT2D eigenvalue weighted by Crippen LogP contribution is 2.23. The fourth-order valence-electron chi connectivity index (χ4n) is 1.04. The Labute approximate surface area is 97.6 Å². The van der Waals surface area contributed by atoms with E-state index in [0.29, 0.717) is 0 Å². The number of likely N-dealkylation sites (N-methyl/N-ethyl adjacent to an activating group) is 1. The molecular formula is C13H19NS. The zero-order valence-electron chi connectivity index (χ0n) is 9.73. The van der Waals surface area contributed by atoms with Crippen LogP contribution in [0.25, 0.3) is 0 Å². The molecule has 0 spiro atoms. The van der Waals surface area contributed by atoms with Crippen LogP contribution in [-0.2, 0) is 0 Å². The summed E-state index contributed by atoms with van der Waals surface area (Å²) in [4.78, 5) is 3.28. The van der Waals surface area contributed by atoms with Crippen LogP contribution in [0.2, 0.25) is 0 Å². The van der Waals surface area contributed by atoms with E-state index in [0.717, 1.165) is 0 Å². The Morgan fingerprint density at radius 2 is 1.73 bits per heavy atom. The predicted octanol–water partition coefficient (Wildman–Crippen LogP) is 3.61. The zero-order chi connectivity index (χ0) is 11.7. The molecule has 0 fully saturated rings. The lowest BCUT2D eigenvalue weighted by atomic mass is 10.3. The summed E-state index contributed by atoms with van der Waals surface area (Å²) in [6.45, 7) is 7.36. The Bertz CT molecular complexity index is 296. The third-order valence-electron chi connectivity index (χ3n) is 1.72.